The molecule has 0 heterocycles. The van der Waals surface area contributed by atoms with Crippen molar-refractivity contribution in [2.75, 3.05) is 19.6 Å². The number of rotatable bonds is 4. The van der Waals surface area contributed by atoms with Gasteiger partial charge in [0.25, 0.3) is 0 Å². The lowest BCUT2D eigenvalue weighted by Gasteiger charge is -2.43. The van der Waals surface area contributed by atoms with Gasteiger partial charge in [0.1, 0.15) is 5.75 Å². The Kier molecular flexibility index (Phi) is 4.50. The Bertz CT molecular complexity index is 351. The molecule has 0 saturated heterocycles. The van der Waals surface area contributed by atoms with E-state index in [9.17, 15) is 0 Å². The van der Waals surface area contributed by atoms with Crippen LogP contribution in [0.4, 0.5) is 0 Å². The van der Waals surface area contributed by atoms with Gasteiger partial charge in [-0.2, -0.15) is 0 Å². The van der Waals surface area contributed by atoms with Crippen LogP contribution in [0, 0.1) is 0 Å². The molecule has 0 aliphatic carbocycles. The maximum absolute atomic E-state index is 6.16. The Morgan fingerprint density at radius 3 is 2.06 bits per heavy atom. The molecule has 0 unspecified atom stereocenters. The van der Waals surface area contributed by atoms with E-state index in [-0.39, 0.29) is 4.75 Å². The molecule has 1 aromatic rings. The molecule has 0 bridgehead atoms. The van der Waals surface area contributed by atoms with Gasteiger partial charge < -0.3 is 9.50 Å². The first-order valence-corrected chi connectivity index (χ1v) is 8.29. The fraction of sp³-hybridized carbons (Fsp3) is 0.571. The van der Waals surface area contributed by atoms with Crippen LogP contribution in [0.5, 0.6) is 5.75 Å². The Hall–Kier alpha value is -0.670. The summed E-state index contributed by atoms with van der Waals surface area (Å²) < 4.78 is 6.35. The predicted molar refractivity (Wildman–Crippen MR) is 79.0 cm³/mol. The average Bonchev–Trinajstić information content (AvgIpc) is 2.19. The highest BCUT2D eigenvalue weighted by Gasteiger charge is 2.29. The fourth-order valence-corrected chi connectivity index (χ4v) is 2.07. The minimum atomic E-state index is -1.09. The van der Waals surface area contributed by atoms with Gasteiger partial charge in [0.05, 0.1) is 0 Å². The standard InChI is InChI=1S/C14H25NOS/c1-14(2,3)17(5,6)16-13-9-7-12(8-10-13)11-15-4/h7-10,15H,11H2,1-6H3. The molecule has 0 aliphatic heterocycles. The molecule has 2 nitrogen and oxygen atoms in total. The first kappa shape index (κ1) is 14.4. The van der Waals surface area contributed by atoms with Crippen molar-refractivity contribution >= 4 is 10.3 Å². The van der Waals surface area contributed by atoms with Gasteiger partial charge in [0, 0.05) is 11.3 Å². The molecule has 0 fully saturated rings. The van der Waals surface area contributed by atoms with Crippen molar-refractivity contribution in [2.45, 2.75) is 32.1 Å². The molecule has 0 aromatic heterocycles. The van der Waals surface area contributed by atoms with E-state index < -0.39 is 10.3 Å². The monoisotopic (exact) mass is 255 g/mol. The van der Waals surface area contributed by atoms with E-state index in [1.807, 2.05) is 7.05 Å². The van der Waals surface area contributed by atoms with E-state index in [1.165, 1.54) is 5.56 Å². The van der Waals surface area contributed by atoms with Crippen molar-refractivity contribution in [1.29, 1.82) is 0 Å². The minimum Gasteiger partial charge on any atom is -0.449 e. The molecular formula is C14H25NOS. The van der Waals surface area contributed by atoms with Gasteiger partial charge in [-0.25, -0.2) is 0 Å². The van der Waals surface area contributed by atoms with Crippen molar-refractivity contribution in [2.24, 2.45) is 0 Å². The molecule has 0 radical (unpaired) electrons. The Morgan fingerprint density at radius 2 is 1.65 bits per heavy atom. The third-order valence-electron chi connectivity index (χ3n) is 3.08. The van der Waals surface area contributed by atoms with Crippen LogP contribution < -0.4 is 9.50 Å². The van der Waals surface area contributed by atoms with Gasteiger partial charge >= 0.3 is 0 Å². The molecular weight excluding hydrogens is 230 g/mol. The molecule has 3 heteroatoms. The molecule has 98 valence electrons. The van der Waals surface area contributed by atoms with Gasteiger partial charge in [-0.05, 0) is 58.0 Å². The molecule has 1 rings (SSSR count). The summed E-state index contributed by atoms with van der Waals surface area (Å²) >= 11 is 0. The normalized spacial score (nSPS) is 13.5. The number of benzene rings is 1. The van der Waals surface area contributed by atoms with Crippen LogP contribution in [0.2, 0.25) is 0 Å². The zero-order valence-electron chi connectivity index (χ0n) is 11.8. The summed E-state index contributed by atoms with van der Waals surface area (Å²) in [5, 5.41) is 3.14. The lowest BCUT2D eigenvalue weighted by atomic mass is 10.2. The molecule has 0 spiro atoms. The van der Waals surface area contributed by atoms with Crippen LogP contribution in [0.15, 0.2) is 24.3 Å². The Labute approximate surface area is 107 Å². The fourth-order valence-electron chi connectivity index (χ4n) is 1.23. The summed E-state index contributed by atoms with van der Waals surface area (Å²) in [6.45, 7) is 7.60. The summed E-state index contributed by atoms with van der Waals surface area (Å²) in [5.74, 6) is 0.972. The van der Waals surface area contributed by atoms with Gasteiger partial charge in [-0.15, -0.1) is 0 Å². The van der Waals surface area contributed by atoms with Gasteiger partial charge in [-0.1, -0.05) is 22.4 Å². The quantitative estimate of drug-likeness (QED) is 0.888. The van der Waals surface area contributed by atoms with Gasteiger partial charge in [0.2, 0.25) is 0 Å². The lowest BCUT2D eigenvalue weighted by molar-refractivity contribution is 0.586. The van der Waals surface area contributed by atoms with Crippen molar-refractivity contribution in [3.63, 3.8) is 0 Å². The lowest BCUT2D eigenvalue weighted by Crippen LogP contribution is -2.27. The second-order valence-corrected chi connectivity index (χ2v) is 9.46. The van der Waals surface area contributed by atoms with Crippen LogP contribution in [0.1, 0.15) is 26.3 Å². The average molecular weight is 255 g/mol. The van der Waals surface area contributed by atoms with Gasteiger partial charge in [-0.3, -0.25) is 0 Å². The molecule has 1 N–H and O–H groups in total. The van der Waals surface area contributed by atoms with Crippen molar-refractivity contribution in [3.8, 4) is 5.75 Å². The zero-order chi connectivity index (χ0) is 13.1. The van der Waals surface area contributed by atoms with E-state index in [4.69, 9.17) is 4.18 Å². The second-order valence-electron chi connectivity index (χ2n) is 5.60. The molecule has 0 saturated carbocycles. The Morgan fingerprint density at radius 1 is 1.12 bits per heavy atom. The van der Waals surface area contributed by atoms with Crippen LogP contribution in [0.3, 0.4) is 0 Å². The third-order valence-corrected chi connectivity index (χ3v) is 6.64. The minimum absolute atomic E-state index is 0.191. The number of hydrogen-bond donors (Lipinski definition) is 1. The van der Waals surface area contributed by atoms with Crippen LogP contribution >= 0.6 is 10.3 Å². The topological polar surface area (TPSA) is 21.3 Å². The highest BCUT2D eigenvalue weighted by molar-refractivity contribution is 8.30. The van der Waals surface area contributed by atoms with E-state index in [1.54, 1.807) is 0 Å². The Balaban J connectivity index is 2.76. The highest BCUT2D eigenvalue weighted by Crippen LogP contribution is 2.53. The molecule has 0 atom stereocenters. The maximum atomic E-state index is 6.16. The van der Waals surface area contributed by atoms with Crippen molar-refractivity contribution < 1.29 is 4.18 Å². The summed E-state index contributed by atoms with van der Waals surface area (Å²) in [4.78, 5) is 0. The summed E-state index contributed by atoms with van der Waals surface area (Å²) in [7, 11) is 0.864. The third kappa shape index (κ3) is 3.93. The van der Waals surface area contributed by atoms with Crippen LogP contribution in [-0.4, -0.2) is 24.3 Å². The van der Waals surface area contributed by atoms with Crippen molar-refractivity contribution in [1.82, 2.24) is 5.32 Å². The van der Waals surface area contributed by atoms with E-state index in [0.717, 1.165) is 12.3 Å². The predicted octanol–water partition coefficient (Wildman–Crippen LogP) is 3.56. The van der Waals surface area contributed by atoms with E-state index in [0.29, 0.717) is 0 Å². The molecule has 0 amide bonds. The smallest absolute Gasteiger partial charge is 0.134 e. The number of nitrogens with one attached hydrogen (secondary N) is 1. The van der Waals surface area contributed by atoms with Crippen molar-refractivity contribution in [3.05, 3.63) is 29.8 Å². The molecule has 0 aliphatic rings. The molecule has 1 aromatic carbocycles. The molecule has 17 heavy (non-hydrogen) atoms. The largest absolute Gasteiger partial charge is 0.449 e. The first-order valence-electron chi connectivity index (χ1n) is 5.92. The first-order chi connectivity index (χ1) is 7.76. The van der Waals surface area contributed by atoms with Crippen LogP contribution in [0.25, 0.3) is 0 Å². The number of hydrogen-bond acceptors (Lipinski definition) is 2. The highest BCUT2D eigenvalue weighted by atomic mass is 32.3. The van der Waals surface area contributed by atoms with E-state index >= 15 is 0 Å². The maximum Gasteiger partial charge on any atom is 0.134 e. The zero-order valence-corrected chi connectivity index (χ0v) is 12.6. The van der Waals surface area contributed by atoms with Crippen LogP contribution in [-0.2, 0) is 6.54 Å². The summed E-state index contributed by atoms with van der Waals surface area (Å²) in [6.07, 6.45) is 4.43. The van der Waals surface area contributed by atoms with Gasteiger partial charge in [0.15, 0.2) is 0 Å². The summed E-state index contributed by atoms with van der Waals surface area (Å²) in [6, 6.07) is 8.36. The van der Waals surface area contributed by atoms with E-state index in [2.05, 4.69) is 62.9 Å². The SMILES string of the molecule is CNCc1ccc(OS(C)(C)C(C)(C)C)cc1. The summed E-state index contributed by atoms with van der Waals surface area (Å²) in [5.41, 5.74) is 1.28. The second kappa shape index (κ2) is 5.32.